The standard InChI is InChI=1S/C19H25N3O2S/c1-14(13-16-8-6-12-25-16)20-19(24)21-17-9-5-4-7-15(17)10-11-18(23)22(2)3/h4-9,12,14H,10-11,13H2,1-3H3,(H2,20,21,24)/t14-/m1/s1. The van der Waals surface area contributed by atoms with Crippen LogP contribution < -0.4 is 10.6 Å². The van der Waals surface area contributed by atoms with Gasteiger partial charge < -0.3 is 15.5 Å². The summed E-state index contributed by atoms with van der Waals surface area (Å²) >= 11 is 1.69. The fourth-order valence-corrected chi connectivity index (χ4v) is 3.32. The van der Waals surface area contributed by atoms with Crippen molar-refractivity contribution < 1.29 is 9.59 Å². The van der Waals surface area contributed by atoms with Crippen molar-refractivity contribution in [3.05, 3.63) is 52.2 Å². The smallest absolute Gasteiger partial charge is 0.319 e. The lowest BCUT2D eigenvalue weighted by Crippen LogP contribution is -2.37. The summed E-state index contributed by atoms with van der Waals surface area (Å²) in [6.45, 7) is 1.99. The highest BCUT2D eigenvalue weighted by atomic mass is 32.1. The third kappa shape index (κ3) is 6.23. The second kappa shape index (κ2) is 9.22. The van der Waals surface area contributed by atoms with Crippen LogP contribution in [0.25, 0.3) is 0 Å². The van der Waals surface area contributed by atoms with Crippen LogP contribution >= 0.6 is 11.3 Å². The number of anilines is 1. The monoisotopic (exact) mass is 359 g/mol. The SMILES string of the molecule is C[C@H](Cc1cccs1)NC(=O)Nc1ccccc1CCC(=O)N(C)C. The first-order valence-corrected chi connectivity index (χ1v) is 9.21. The van der Waals surface area contributed by atoms with Gasteiger partial charge in [0, 0.05) is 43.5 Å². The number of rotatable bonds is 7. The zero-order valence-corrected chi connectivity index (χ0v) is 15.7. The van der Waals surface area contributed by atoms with Crippen LogP contribution in [-0.4, -0.2) is 37.0 Å². The van der Waals surface area contributed by atoms with Crippen LogP contribution in [-0.2, 0) is 17.6 Å². The number of benzene rings is 1. The number of hydrogen-bond acceptors (Lipinski definition) is 3. The first kappa shape index (κ1) is 19.0. The minimum atomic E-state index is -0.226. The zero-order valence-electron chi connectivity index (χ0n) is 14.9. The van der Waals surface area contributed by atoms with Gasteiger partial charge in [0.2, 0.25) is 5.91 Å². The van der Waals surface area contributed by atoms with Crippen molar-refractivity contribution in [1.29, 1.82) is 0 Å². The predicted molar refractivity (Wildman–Crippen MR) is 103 cm³/mol. The highest BCUT2D eigenvalue weighted by Gasteiger charge is 2.12. The van der Waals surface area contributed by atoms with Gasteiger partial charge in [-0.05, 0) is 36.4 Å². The molecule has 134 valence electrons. The van der Waals surface area contributed by atoms with Crippen LogP contribution in [0.15, 0.2) is 41.8 Å². The van der Waals surface area contributed by atoms with Crippen molar-refractivity contribution in [2.45, 2.75) is 32.2 Å². The van der Waals surface area contributed by atoms with E-state index in [1.165, 1.54) is 4.88 Å². The van der Waals surface area contributed by atoms with Crippen molar-refractivity contribution >= 4 is 29.0 Å². The summed E-state index contributed by atoms with van der Waals surface area (Å²) in [6.07, 6.45) is 1.82. The van der Waals surface area contributed by atoms with Crippen molar-refractivity contribution in [3.63, 3.8) is 0 Å². The van der Waals surface area contributed by atoms with E-state index in [2.05, 4.69) is 16.7 Å². The lowest BCUT2D eigenvalue weighted by Gasteiger charge is -2.16. The lowest BCUT2D eigenvalue weighted by atomic mass is 10.1. The van der Waals surface area contributed by atoms with Crippen LogP contribution in [0, 0.1) is 0 Å². The Morgan fingerprint density at radius 1 is 1.16 bits per heavy atom. The first-order valence-electron chi connectivity index (χ1n) is 8.33. The molecule has 2 aromatic rings. The number of carbonyl (C=O) groups is 2. The molecule has 1 atom stereocenters. The summed E-state index contributed by atoms with van der Waals surface area (Å²) in [5, 5.41) is 7.90. The molecule has 0 saturated carbocycles. The van der Waals surface area contributed by atoms with Crippen molar-refractivity contribution in [3.8, 4) is 0 Å². The molecular formula is C19H25N3O2S. The van der Waals surface area contributed by atoms with E-state index in [9.17, 15) is 9.59 Å². The molecule has 6 heteroatoms. The maximum absolute atomic E-state index is 12.3. The Balaban J connectivity index is 1.90. The second-order valence-corrected chi connectivity index (χ2v) is 7.26. The molecular weight excluding hydrogens is 334 g/mol. The molecule has 2 N–H and O–H groups in total. The third-order valence-electron chi connectivity index (χ3n) is 3.84. The van der Waals surface area contributed by atoms with Gasteiger partial charge in [-0.3, -0.25) is 4.79 Å². The summed E-state index contributed by atoms with van der Waals surface area (Å²) in [4.78, 5) is 26.9. The maximum Gasteiger partial charge on any atom is 0.319 e. The molecule has 0 aliphatic heterocycles. The third-order valence-corrected chi connectivity index (χ3v) is 4.74. The van der Waals surface area contributed by atoms with Crippen LogP contribution in [0.4, 0.5) is 10.5 Å². The fraction of sp³-hybridized carbons (Fsp3) is 0.368. The molecule has 0 unspecified atom stereocenters. The molecule has 0 aliphatic carbocycles. The number of hydrogen-bond donors (Lipinski definition) is 2. The summed E-state index contributed by atoms with van der Waals surface area (Å²) in [6, 6.07) is 11.5. The van der Waals surface area contributed by atoms with Crippen molar-refractivity contribution in [2.75, 3.05) is 19.4 Å². The average Bonchev–Trinajstić information content (AvgIpc) is 3.06. The van der Waals surface area contributed by atoms with E-state index in [1.54, 1.807) is 30.3 Å². The molecule has 1 aromatic carbocycles. The normalized spacial score (nSPS) is 11.6. The summed E-state index contributed by atoms with van der Waals surface area (Å²) in [5.41, 5.74) is 1.70. The molecule has 5 nitrogen and oxygen atoms in total. The Labute approximate surface area is 153 Å². The number of para-hydroxylation sites is 1. The molecule has 0 saturated heterocycles. The molecule has 1 heterocycles. The minimum Gasteiger partial charge on any atom is -0.349 e. The van der Waals surface area contributed by atoms with E-state index in [0.29, 0.717) is 12.8 Å². The molecule has 0 aliphatic rings. The molecule has 2 rings (SSSR count). The van der Waals surface area contributed by atoms with E-state index in [4.69, 9.17) is 0 Å². The lowest BCUT2D eigenvalue weighted by molar-refractivity contribution is -0.128. The number of carbonyl (C=O) groups excluding carboxylic acids is 2. The van der Waals surface area contributed by atoms with E-state index in [1.807, 2.05) is 42.6 Å². The number of nitrogens with zero attached hydrogens (tertiary/aromatic N) is 1. The van der Waals surface area contributed by atoms with Crippen LogP contribution in [0.2, 0.25) is 0 Å². The van der Waals surface area contributed by atoms with E-state index < -0.39 is 0 Å². The molecule has 0 bridgehead atoms. The van der Waals surface area contributed by atoms with E-state index >= 15 is 0 Å². The molecule has 1 aromatic heterocycles. The summed E-state index contributed by atoms with van der Waals surface area (Å²) < 4.78 is 0. The maximum atomic E-state index is 12.3. The molecule has 0 spiro atoms. The largest absolute Gasteiger partial charge is 0.349 e. The molecule has 25 heavy (non-hydrogen) atoms. The van der Waals surface area contributed by atoms with Gasteiger partial charge in [-0.2, -0.15) is 0 Å². The number of aryl methyl sites for hydroxylation is 1. The quantitative estimate of drug-likeness (QED) is 0.794. The first-order chi connectivity index (χ1) is 12.0. The van der Waals surface area contributed by atoms with Crippen molar-refractivity contribution in [1.82, 2.24) is 10.2 Å². The Morgan fingerprint density at radius 2 is 1.92 bits per heavy atom. The van der Waals surface area contributed by atoms with Gasteiger partial charge >= 0.3 is 6.03 Å². The number of amides is 3. The Bertz CT molecular complexity index is 698. The van der Waals surface area contributed by atoms with Gasteiger partial charge in [-0.25, -0.2) is 4.79 Å². The average molecular weight is 359 g/mol. The van der Waals surface area contributed by atoms with Gasteiger partial charge in [0.05, 0.1) is 0 Å². The number of urea groups is 1. The van der Waals surface area contributed by atoms with E-state index in [0.717, 1.165) is 17.7 Å². The highest BCUT2D eigenvalue weighted by molar-refractivity contribution is 7.09. The van der Waals surface area contributed by atoms with Gasteiger partial charge in [-0.1, -0.05) is 24.3 Å². The van der Waals surface area contributed by atoms with Crippen LogP contribution in [0.1, 0.15) is 23.8 Å². The van der Waals surface area contributed by atoms with Gasteiger partial charge in [-0.15, -0.1) is 11.3 Å². The molecule has 3 amide bonds. The minimum absolute atomic E-state index is 0.0427. The molecule has 0 fully saturated rings. The van der Waals surface area contributed by atoms with Crippen molar-refractivity contribution in [2.24, 2.45) is 0 Å². The number of thiophene rings is 1. The van der Waals surface area contributed by atoms with E-state index in [-0.39, 0.29) is 18.0 Å². The summed E-state index contributed by atoms with van der Waals surface area (Å²) in [5.74, 6) is 0.0730. The Hall–Kier alpha value is -2.34. The second-order valence-electron chi connectivity index (χ2n) is 6.23. The van der Waals surface area contributed by atoms with Gasteiger partial charge in [0.1, 0.15) is 0 Å². The highest BCUT2D eigenvalue weighted by Crippen LogP contribution is 2.17. The Morgan fingerprint density at radius 3 is 2.60 bits per heavy atom. The Kier molecular flexibility index (Phi) is 7.01. The van der Waals surface area contributed by atoms with Crippen LogP contribution in [0.3, 0.4) is 0 Å². The van der Waals surface area contributed by atoms with Gasteiger partial charge in [0.25, 0.3) is 0 Å². The number of nitrogens with one attached hydrogen (secondary N) is 2. The van der Waals surface area contributed by atoms with Crippen LogP contribution in [0.5, 0.6) is 0 Å². The molecule has 0 radical (unpaired) electrons. The zero-order chi connectivity index (χ0) is 18.2. The van der Waals surface area contributed by atoms with Gasteiger partial charge in [0.15, 0.2) is 0 Å². The summed E-state index contributed by atoms with van der Waals surface area (Å²) in [7, 11) is 3.49. The predicted octanol–water partition coefficient (Wildman–Crippen LogP) is 3.52. The fourth-order valence-electron chi connectivity index (χ4n) is 2.49. The topological polar surface area (TPSA) is 61.4 Å².